The average molecular weight is 491 g/mol. The molecule has 2 aromatic carbocycles. The molecule has 33 heavy (non-hydrogen) atoms. The summed E-state index contributed by atoms with van der Waals surface area (Å²) >= 11 is 12.0. The molecule has 1 aromatic heterocycles. The molecule has 1 aliphatic carbocycles. The normalized spacial score (nSPS) is 13.4. The average Bonchev–Trinajstić information content (AvgIpc) is 3.28. The number of hydrogen-bond donors (Lipinski definition) is 1. The van der Waals surface area contributed by atoms with Gasteiger partial charge in [-0.2, -0.15) is 5.90 Å². The summed E-state index contributed by atoms with van der Waals surface area (Å²) in [5.41, 5.74) is 3.15. The van der Waals surface area contributed by atoms with Crippen LogP contribution in [0.5, 0.6) is 5.88 Å². The molecule has 5 nitrogen and oxygen atoms in total. The molecule has 3 aromatic rings. The van der Waals surface area contributed by atoms with Crippen LogP contribution < -0.4 is 10.6 Å². The fraction of sp³-hybridized carbons (Fsp3) is 0.167. The lowest BCUT2D eigenvalue weighted by atomic mass is 9.96. The van der Waals surface area contributed by atoms with E-state index in [4.69, 9.17) is 33.8 Å². The zero-order valence-corrected chi connectivity index (χ0v) is 18.7. The van der Waals surface area contributed by atoms with E-state index in [0.717, 1.165) is 23.6 Å². The van der Waals surface area contributed by atoms with Crippen LogP contribution in [0.25, 0.3) is 11.1 Å². The molecule has 0 atom stereocenters. The van der Waals surface area contributed by atoms with Crippen LogP contribution in [0.4, 0.5) is 8.78 Å². The second-order valence-corrected chi connectivity index (χ2v) is 8.35. The lowest BCUT2D eigenvalue weighted by molar-refractivity contribution is 0.0503. The van der Waals surface area contributed by atoms with Gasteiger partial charge in [0.25, 0.3) is 0 Å². The summed E-state index contributed by atoms with van der Waals surface area (Å²) in [6, 6.07) is 9.96. The Kier molecular flexibility index (Phi) is 6.93. The first-order valence-corrected chi connectivity index (χ1v) is 10.8. The number of carbonyl (C=O) groups excluding carboxylic acids is 1. The van der Waals surface area contributed by atoms with Crippen molar-refractivity contribution in [1.82, 2.24) is 4.98 Å². The second-order valence-electron chi connectivity index (χ2n) is 7.48. The Morgan fingerprint density at radius 1 is 1.03 bits per heavy atom. The van der Waals surface area contributed by atoms with E-state index in [0.29, 0.717) is 34.6 Å². The number of rotatable bonds is 6. The molecule has 0 spiro atoms. The van der Waals surface area contributed by atoms with E-state index < -0.39 is 17.6 Å². The highest BCUT2D eigenvalue weighted by atomic mass is 35.5. The minimum atomic E-state index is -0.839. The van der Waals surface area contributed by atoms with Crippen molar-refractivity contribution < 1.29 is 23.1 Å². The number of hydrogen-bond acceptors (Lipinski definition) is 5. The van der Waals surface area contributed by atoms with Crippen molar-refractivity contribution in [2.45, 2.75) is 25.9 Å². The number of carbonyl (C=O) groups is 1. The monoisotopic (exact) mass is 490 g/mol. The maximum atomic E-state index is 14.3. The molecule has 1 heterocycles. The molecule has 0 aliphatic heterocycles. The lowest BCUT2D eigenvalue weighted by Gasteiger charge is -2.15. The minimum Gasteiger partial charge on any atom is -0.472 e. The third-order valence-electron chi connectivity index (χ3n) is 5.33. The first kappa shape index (κ1) is 23.2. The zero-order valence-electron chi connectivity index (χ0n) is 17.2. The van der Waals surface area contributed by atoms with Crippen molar-refractivity contribution >= 4 is 40.3 Å². The third kappa shape index (κ3) is 5.16. The number of allylic oxidation sites excluding steroid dienone is 2. The number of benzene rings is 2. The summed E-state index contributed by atoms with van der Waals surface area (Å²) in [4.78, 5) is 20.4. The van der Waals surface area contributed by atoms with Crippen LogP contribution in [0.3, 0.4) is 0 Å². The molecule has 0 fully saturated rings. The van der Waals surface area contributed by atoms with Gasteiger partial charge in [-0.15, -0.1) is 0 Å². The van der Waals surface area contributed by atoms with Gasteiger partial charge in [-0.25, -0.2) is 18.6 Å². The standard InChI is InChI=1S/C24H18Cl2F2N2O3/c25-16-5-4-13(22(28)10-16)12-32-23-21(9-17(26)11-30-23)20-3-1-2-19(20)14-6-15(24(31)33-29)8-18(27)7-14/h4-11H,1-3,12,29H2. The molecule has 170 valence electrons. The first-order valence-electron chi connectivity index (χ1n) is 10.0. The molecule has 9 heteroatoms. The summed E-state index contributed by atoms with van der Waals surface area (Å²) < 4.78 is 34.3. The van der Waals surface area contributed by atoms with Crippen molar-refractivity contribution in [3.63, 3.8) is 0 Å². The van der Waals surface area contributed by atoms with Crippen LogP contribution in [0.15, 0.2) is 48.7 Å². The van der Waals surface area contributed by atoms with E-state index in [2.05, 4.69) is 9.82 Å². The van der Waals surface area contributed by atoms with Crippen LogP contribution in [0.2, 0.25) is 10.0 Å². The predicted molar refractivity (Wildman–Crippen MR) is 122 cm³/mol. The van der Waals surface area contributed by atoms with Crippen LogP contribution in [-0.2, 0) is 11.4 Å². The summed E-state index contributed by atoms with van der Waals surface area (Å²) in [5.74, 6) is 3.30. The van der Waals surface area contributed by atoms with Gasteiger partial charge in [0.15, 0.2) is 0 Å². The highest BCUT2D eigenvalue weighted by Gasteiger charge is 2.23. The van der Waals surface area contributed by atoms with Crippen LogP contribution in [-0.4, -0.2) is 11.0 Å². The number of nitrogens with zero attached hydrogens (tertiary/aromatic N) is 1. The van der Waals surface area contributed by atoms with E-state index >= 15 is 0 Å². The summed E-state index contributed by atoms with van der Waals surface area (Å²) in [7, 11) is 0. The highest BCUT2D eigenvalue weighted by molar-refractivity contribution is 6.31. The predicted octanol–water partition coefficient (Wildman–Crippen LogP) is 6.37. The molecule has 2 N–H and O–H groups in total. The molecule has 1 aliphatic rings. The summed E-state index contributed by atoms with van der Waals surface area (Å²) in [6.07, 6.45) is 3.55. The Morgan fingerprint density at radius 3 is 2.58 bits per heavy atom. The first-order chi connectivity index (χ1) is 15.9. The van der Waals surface area contributed by atoms with Crippen molar-refractivity contribution in [1.29, 1.82) is 0 Å². The largest absolute Gasteiger partial charge is 0.472 e. The Labute approximate surface area is 198 Å². The van der Waals surface area contributed by atoms with E-state index in [-0.39, 0.29) is 23.1 Å². The van der Waals surface area contributed by atoms with Crippen molar-refractivity contribution in [2.75, 3.05) is 0 Å². The van der Waals surface area contributed by atoms with Gasteiger partial charge in [0.05, 0.1) is 10.6 Å². The van der Waals surface area contributed by atoms with E-state index in [1.54, 1.807) is 18.2 Å². The fourth-order valence-corrected chi connectivity index (χ4v) is 4.17. The van der Waals surface area contributed by atoms with Gasteiger partial charge in [-0.05, 0) is 72.4 Å². The minimum absolute atomic E-state index is 0.00477. The van der Waals surface area contributed by atoms with Gasteiger partial charge in [0, 0.05) is 22.3 Å². The van der Waals surface area contributed by atoms with Gasteiger partial charge in [-0.1, -0.05) is 29.3 Å². The van der Waals surface area contributed by atoms with Gasteiger partial charge in [0.2, 0.25) is 5.88 Å². The molecule has 0 unspecified atom stereocenters. The summed E-state index contributed by atoms with van der Waals surface area (Å²) in [6.45, 7) is -0.0697. The third-order valence-corrected chi connectivity index (χ3v) is 5.77. The van der Waals surface area contributed by atoms with Crippen molar-refractivity contribution in [2.24, 2.45) is 5.90 Å². The van der Waals surface area contributed by atoms with Crippen LogP contribution in [0, 0.1) is 11.6 Å². The Balaban J connectivity index is 1.73. The van der Waals surface area contributed by atoms with Gasteiger partial charge >= 0.3 is 5.97 Å². The fourth-order valence-electron chi connectivity index (χ4n) is 3.85. The van der Waals surface area contributed by atoms with E-state index in [1.807, 2.05) is 0 Å². The van der Waals surface area contributed by atoms with Crippen molar-refractivity contribution in [3.05, 3.63) is 92.6 Å². The second kappa shape index (κ2) is 9.87. The number of nitrogens with two attached hydrogens (primary N) is 1. The number of ether oxygens (including phenoxy) is 1. The SMILES string of the molecule is NOC(=O)c1cc(F)cc(C2=C(c3cc(Cl)cnc3OCc3ccc(Cl)cc3F)CCC2)c1. The number of halogens is 4. The molecular formula is C24H18Cl2F2N2O3. The smallest absolute Gasteiger partial charge is 0.356 e. The summed E-state index contributed by atoms with van der Waals surface area (Å²) in [5, 5.41) is 0.677. The van der Waals surface area contributed by atoms with Crippen molar-refractivity contribution in [3.8, 4) is 5.88 Å². The molecule has 0 amide bonds. The number of pyridine rings is 1. The van der Waals surface area contributed by atoms with Gasteiger partial charge < -0.3 is 9.57 Å². The Hall–Kier alpha value is -3.00. The molecule has 0 saturated heterocycles. The number of aromatic nitrogens is 1. The zero-order chi connectivity index (χ0) is 23.5. The molecule has 0 saturated carbocycles. The lowest BCUT2D eigenvalue weighted by Crippen LogP contribution is -2.10. The van der Waals surface area contributed by atoms with Gasteiger partial charge in [0.1, 0.15) is 18.2 Å². The molecule has 0 bridgehead atoms. The Bertz CT molecular complexity index is 1260. The van der Waals surface area contributed by atoms with Crippen LogP contribution in [0.1, 0.15) is 46.3 Å². The Morgan fingerprint density at radius 2 is 1.82 bits per heavy atom. The topological polar surface area (TPSA) is 74.4 Å². The van der Waals surface area contributed by atoms with Crippen LogP contribution >= 0.6 is 23.2 Å². The maximum absolute atomic E-state index is 14.3. The molecule has 4 rings (SSSR count). The highest BCUT2D eigenvalue weighted by Crippen LogP contribution is 2.43. The van der Waals surface area contributed by atoms with E-state index in [1.165, 1.54) is 24.4 Å². The quantitative estimate of drug-likeness (QED) is 0.406. The molecular weight excluding hydrogens is 473 g/mol. The maximum Gasteiger partial charge on any atom is 0.356 e. The van der Waals surface area contributed by atoms with E-state index in [9.17, 15) is 13.6 Å². The van der Waals surface area contributed by atoms with Gasteiger partial charge in [-0.3, -0.25) is 0 Å². The molecule has 0 radical (unpaired) electrons.